The molecule has 0 unspecified atom stereocenters. The highest BCUT2D eigenvalue weighted by Crippen LogP contribution is 2.24. The Balaban J connectivity index is 1.73. The van der Waals surface area contributed by atoms with E-state index in [1.165, 1.54) is 16.9 Å². The molecule has 1 saturated heterocycles. The van der Waals surface area contributed by atoms with E-state index >= 15 is 0 Å². The van der Waals surface area contributed by atoms with Gasteiger partial charge in [-0.05, 0) is 37.0 Å². The van der Waals surface area contributed by atoms with Crippen LogP contribution in [0.5, 0.6) is 0 Å². The molecule has 0 amide bonds. The number of carboxylic acid groups (broad SMARTS) is 1. The van der Waals surface area contributed by atoms with Crippen molar-refractivity contribution in [3.05, 3.63) is 47.9 Å². The van der Waals surface area contributed by atoms with Crippen LogP contribution in [0.1, 0.15) is 22.5 Å². The highest BCUT2D eigenvalue weighted by atomic mass is 32.2. The summed E-state index contributed by atoms with van der Waals surface area (Å²) in [5, 5.41) is 8.96. The first-order chi connectivity index (χ1) is 11.8. The Morgan fingerprint density at radius 1 is 1.28 bits per heavy atom. The van der Waals surface area contributed by atoms with Crippen molar-refractivity contribution in [1.82, 2.24) is 14.3 Å². The number of rotatable bonds is 5. The van der Waals surface area contributed by atoms with Gasteiger partial charge in [-0.1, -0.05) is 12.1 Å². The zero-order valence-electron chi connectivity index (χ0n) is 13.8. The second-order valence-electron chi connectivity index (χ2n) is 6.26. The first-order valence-electron chi connectivity index (χ1n) is 7.92. The summed E-state index contributed by atoms with van der Waals surface area (Å²) in [6.07, 6.45) is 4.23. The fraction of sp³-hybridized carbons (Fsp3) is 0.353. The summed E-state index contributed by atoms with van der Waals surface area (Å²) in [5.74, 6) is -0.724. The first-order valence-corrected chi connectivity index (χ1v) is 9.77. The van der Waals surface area contributed by atoms with Gasteiger partial charge in [-0.2, -0.15) is 0 Å². The third-order valence-corrected chi connectivity index (χ3v) is 5.64. The van der Waals surface area contributed by atoms with E-state index in [1.54, 1.807) is 24.3 Å². The van der Waals surface area contributed by atoms with Gasteiger partial charge in [-0.25, -0.2) is 27.5 Å². The minimum absolute atomic E-state index is 0.227. The molecule has 0 aliphatic carbocycles. The van der Waals surface area contributed by atoms with Crippen LogP contribution in [0.15, 0.2) is 36.7 Å². The van der Waals surface area contributed by atoms with Crippen LogP contribution >= 0.6 is 0 Å². The fourth-order valence-electron chi connectivity index (χ4n) is 3.01. The van der Waals surface area contributed by atoms with E-state index in [1.807, 2.05) is 6.07 Å². The normalized spacial score (nSPS) is 18.4. The number of aromatic nitrogens is 2. The van der Waals surface area contributed by atoms with Crippen LogP contribution in [0.4, 0.5) is 0 Å². The number of benzene rings is 1. The summed E-state index contributed by atoms with van der Waals surface area (Å²) in [4.78, 5) is 19.5. The molecule has 0 radical (unpaired) electrons. The second kappa shape index (κ2) is 6.89. The van der Waals surface area contributed by atoms with Crippen molar-refractivity contribution in [1.29, 1.82) is 0 Å². The summed E-state index contributed by atoms with van der Waals surface area (Å²) in [7, 11) is -3.14. The number of carboxylic acids is 1. The summed E-state index contributed by atoms with van der Waals surface area (Å²) in [6.45, 7) is 1.07. The van der Waals surface area contributed by atoms with E-state index in [4.69, 9.17) is 5.11 Å². The Morgan fingerprint density at radius 3 is 2.60 bits per heavy atom. The molecule has 1 atom stereocenters. The van der Waals surface area contributed by atoms with Crippen LogP contribution in [-0.2, 0) is 16.4 Å². The van der Waals surface area contributed by atoms with Crippen molar-refractivity contribution < 1.29 is 18.3 Å². The predicted molar refractivity (Wildman–Crippen MR) is 92.7 cm³/mol. The Morgan fingerprint density at radius 2 is 2.00 bits per heavy atom. The van der Waals surface area contributed by atoms with E-state index in [-0.39, 0.29) is 11.5 Å². The van der Waals surface area contributed by atoms with Gasteiger partial charge in [-0.15, -0.1) is 0 Å². The van der Waals surface area contributed by atoms with Gasteiger partial charge in [0.25, 0.3) is 0 Å². The number of hydrogen-bond donors (Lipinski definition) is 1. The fourth-order valence-corrected chi connectivity index (χ4v) is 3.93. The van der Waals surface area contributed by atoms with Gasteiger partial charge in [0.15, 0.2) is 0 Å². The van der Waals surface area contributed by atoms with E-state index in [0.717, 1.165) is 23.4 Å². The lowest BCUT2D eigenvalue weighted by atomic mass is 10.0. The Kier molecular flexibility index (Phi) is 4.82. The van der Waals surface area contributed by atoms with Crippen LogP contribution in [0, 0.1) is 5.92 Å². The van der Waals surface area contributed by atoms with Crippen LogP contribution < -0.4 is 0 Å². The molecular weight excluding hydrogens is 342 g/mol. The average molecular weight is 361 g/mol. The molecule has 3 rings (SSSR count). The maximum Gasteiger partial charge on any atom is 0.335 e. The van der Waals surface area contributed by atoms with Crippen molar-refractivity contribution in [3.8, 4) is 11.3 Å². The summed E-state index contributed by atoms with van der Waals surface area (Å²) >= 11 is 0. The molecule has 1 fully saturated rings. The molecule has 7 nitrogen and oxygen atoms in total. The van der Waals surface area contributed by atoms with Gasteiger partial charge >= 0.3 is 5.97 Å². The molecule has 1 aliphatic rings. The van der Waals surface area contributed by atoms with Crippen LogP contribution in [0.25, 0.3) is 11.3 Å². The van der Waals surface area contributed by atoms with Crippen LogP contribution in [0.3, 0.4) is 0 Å². The smallest absolute Gasteiger partial charge is 0.335 e. The van der Waals surface area contributed by atoms with E-state index in [9.17, 15) is 13.2 Å². The Hall–Kier alpha value is -2.32. The lowest BCUT2D eigenvalue weighted by Gasteiger charge is -2.13. The molecule has 1 N–H and O–H groups in total. The largest absolute Gasteiger partial charge is 0.478 e. The highest BCUT2D eigenvalue weighted by molar-refractivity contribution is 7.88. The van der Waals surface area contributed by atoms with E-state index in [2.05, 4.69) is 9.97 Å². The van der Waals surface area contributed by atoms with Gasteiger partial charge in [0.2, 0.25) is 10.0 Å². The Bertz CT molecular complexity index is 881. The third-order valence-electron chi connectivity index (χ3n) is 4.37. The SMILES string of the molecule is CS(=O)(=O)N1CC[C@@H](Cc2cc(-c3ccc(C(=O)O)cc3)ncn2)C1. The first kappa shape index (κ1) is 17.5. The zero-order valence-corrected chi connectivity index (χ0v) is 14.6. The number of nitrogens with zero attached hydrogens (tertiary/aromatic N) is 3. The number of sulfonamides is 1. The molecule has 0 bridgehead atoms. The van der Waals surface area contributed by atoms with Crippen LogP contribution in [0.2, 0.25) is 0 Å². The van der Waals surface area contributed by atoms with Gasteiger partial charge in [-0.3, -0.25) is 0 Å². The molecule has 25 heavy (non-hydrogen) atoms. The van der Waals surface area contributed by atoms with Crippen molar-refractivity contribution in [2.75, 3.05) is 19.3 Å². The minimum atomic E-state index is -3.14. The summed E-state index contributed by atoms with van der Waals surface area (Å²) in [5.41, 5.74) is 2.62. The topological polar surface area (TPSA) is 100 Å². The number of aromatic carboxylic acids is 1. The standard InChI is InChI=1S/C17H19N3O4S/c1-25(23,24)20-7-6-12(10-20)8-15-9-16(19-11-18-15)13-2-4-14(5-3-13)17(21)22/h2-5,9,11-12H,6-8,10H2,1H3,(H,21,22)/t12-/m0/s1. The maximum absolute atomic E-state index is 11.6. The highest BCUT2D eigenvalue weighted by Gasteiger charge is 2.28. The van der Waals surface area contributed by atoms with Crippen molar-refractivity contribution in [3.63, 3.8) is 0 Å². The molecule has 0 spiro atoms. The monoisotopic (exact) mass is 361 g/mol. The molecule has 2 heterocycles. The van der Waals surface area contributed by atoms with E-state index < -0.39 is 16.0 Å². The Labute approximate surface area is 146 Å². The summed E-state index contributed by atoms with van der Waals surface area (Å²) < 4.78 is 24.7. The lowest BCUT2D eigenvalue weighted by Crippen LogP contribution is -2.27. The van der Waals surface area contributed by atoms with Crippen molar-refractivity contribution in [2.24, 2.45) is 5.92 Å². The van der Waals surface area contributed by atoms with Gasteiger partial charge in [0.05, 0.1) is 17.5 Å². The molecule has 8 heteroatoms. The van der Waals surface area contributed by atoms with Gasteiger partial charge in [0, 0.05) is 24.3 Å². The molecule has 0 saturated carbocycles. The quantitative estimate of drug-likeness (QED) is 0.869. The molecule has 1 aromatic heterocycles. The van der Waals surface area contributed by atoms with Gasteiger partial charge in [0.1, 0.15) is 6.33 Å². The molecule has 132 valence electrons. The average Bonchev–Trinajstić information content (AvgIpc) is 3.04. The lowest BCUT2D eigenvalue weighted by molar-refractivity contribution is 0.0697. The number of carbonyl (C=O) groups is 1. The zero-order chi connectivity index (χ0) is 18.0. The van der Waals surface area contributed by atoms with Crippen molar-refractivity contribution >= 4 is 16.0 Å². The predicted octanol–water partition coefficient (Wildman–Crippen LogP) is 1.67. The van der Waals surface area contributed by atoms with E-state index in [0.29, 0.717) is 19.5 Å². The van der Waals surface area contributed by atoms with Crippen molar-refractivity contribution in [2.45, 2.75) is 12.8 Å². The minimum Gasteiger partial charge on any atom is -0.478 e. The van der Waals surface area contributed by atoms with Crippen LogP contribution in [-0.4, -0.2) is 53.1 Å². The summed E-state index contributed by atoms with van der Waals surface area (Å²) in [6, 6.07) is 8.40. The molecule has 1 aromatic carbocycles. The maximum atomic E-state index is 11.6. The molecular formula is C17H19N3O4S. The molecule has 2 aromatic rings. The van der Waals surface area contributed by atoms with Gasteiger partial charge < -0.3 is 5.11 Å². The number of hydrogen-bond acceptors (Lipinski definition) is 5. The third kappa shape index (κ3) is 4.21. The second-order valence-corrected chi connectivity index (χ2v) is 8.24. The molecule has 1 aliphatic heterocycles.